The van der Waals surface area contributed by atoms with Gasteiger partial charge in [-0.1, -0.05) is 129 Å². The number of carbonyl (C=O) groups is 2. The van der Waals surface area contributed by atoms with E-state index in [2.05, 4.69) is 26.0 Å². The van der Waals surface area contributed by atoms with Crippen molar-refractivity contribution < 1.29 is 47.8 Å². The predicted molar refractivity (Wildman–Crippen MR) is 187 cm³/mol. The van der Waals surface area contributed by atoms with Crippen LogP contribution in [0.3, 0.4) is 0 Å². The zero-order chi connectivity index (χ0) is 34.9. The number of aliphatic hydroxyl groups excluding tert-OH is 2. The lowest BCUT2D eigenvalue weighted by Gasteiger charge is -2.20. The molecule has 0 spiro atoms. The van der Waals surface area contributed by atoms with E-state index in [9.17, 15) is 29.3 Å². The SMILES string of the molecule is CCCCC/C=C\CCCCCCCC(=O)OC(CO)COP(=O)(O)OCC(CO)OC(=O)CCCCCCCCCCCCCC. The molecule has 278 valence electrons. The lowest BCUT2D eigenvalue weighted by Crippen LogP contribution is -2.28. The number of unbranched alkanes of at least 4 members (excludes halogenated alkanes) is 19. The third-order valence-electron chi connectivity index (χ3n) is 7.98. The Kier molecular flexibility index (Phi) is 32.3. The number of rotatable bonds is 35. The molecule has 0 aliphatic heterocycles. The highest BCUT2D eigenvalue weighted by molar-refractivity contribution is 7.47. The summed E-state index contributed by atoms with van der Waals surface area (Å²) in [6, 6.07) is 0. The van der Waals surface area contributed by atoms with E-state index in [4.69, 9.17) is 18.5 Å². The van der Waals surface area contributed by atoms with Crippen molar-refractivity contribution in [2.75, 3.05) is 26.4 Å². The van der Waals surface area contributed by atoms with Crippen LogP contribution < -0.4 is 0 Å². The molecule has 0 rings (SSSR count). The van der Waals surface area contributed by atoms with Crippen molar-refractivity contribution in [1.82, 2.24) is 0 Å². The summed E-state index contributed by atoms with van der Waals surface area (Å²) in [7, 11) is -4.62. The van der Waals surface area contributed by atoms with Gasteiger partial charge in [0.05, 0.1) is 26.4 Å². The van der Waals surface area contributed by atoms with Gasteiger partial charge in [-0.05, 0) is 38.5 Å². The fourth-order valence-electron chi connectivity index (χ4n) is 5.05. The Morgan fingerprint density at radius 2 is 0.872 bits per heavy atom. The van der Waals surface area contributed by atoms with Crippen molar-refractivity contribution in [3.8, 4) is 0 Å². The summed E-state index contributed by atoms with van der Waals surface area (Å²) in [6.45, 7) is 2.15. The molecule has 0 saturated carbocycles. The standard InChI is InChI=1S/C36H69O10P/c1-3-5-7-9-11-13-15-17-19-21-23-25-27-35(39)45-33(29-37)31-43-47(41,42)44-32-34(30-38)46-36(40)28-26-24-22-20-18-16-14-12-10-8-6-4-2/h11,13,33-34,37-38H,3-10,12,14-32H2,1-2H3,(H,41,42)/b13-11-. The van der Waals surface area contributed by atoms with Gasteiger partial charge in [0.2, 0.25) is 0 Å². The van der Waals surface area contributed by atoms with Crippen LogP contribution in [-0.4, -0.2) is 65.7 Å². The van der Waals surface area contributed by atoms with Gasteiger partial charge >= 0.3 is 19.8 Å². The molecule has 10 nitrogen and oxygen atoms in total. The van der Waals surface area contributed by atoms with Crippen molar-refractivity contribution in [2.24, 2.45) is 0 Å². The average molecular weight is 693 g/mol. The van der Waals surface area contributed by atoms with E-state index in [1.54, 1.807) is 0 Å². The average Bonchev–Trinajstić information content (AvgIpc) is 3.05. The number of carbonyl (C=O) groups excluding carboxylic acids is 2. The van der Waals surface area contributed by atoms with Crippen LogP contribution in [0.25, 0.3) is 0 Å². The Bertz CT molecular complexity index is 807. The minimum atomic E-state index is -4.62. The van der Waals surface area contributed by atoms with Gasteiger partial charge in [-0.25, -0.2) is 4.57 Å². The fraction of sp³-hybridized carbons (Fsp3) is 0.889. The molecule has 0 bridgehead atoms. The van der Waals surface area contributed by atoms with Crippen molar-refractivity contribution in [3.63, 3.8) is 0 Å². The largest absolute Gasteiger partial charge is 0.472 e. The van der Waals surface area contributed by atoms with Crippen molar-refractivity contribution in [2.45, 2.75) is 180 Å². The van der Waals surface area contributed by atoms with Gasteiger partial charge in [-0.3, -0.25) is 18.6 Å². The predicted octanol–water partition coefficient (Wildman–Crippen LogP) is 8.89. The minimum absolute atomic E-state index is 0.184. The molecule has 0 aromatic heterocycles. The highest BCUT2D eigenvalue weighted by atomic mass is 31.2. The van der Waals surface area contributed by atoms with Crippen LogP contribution >= 0.6 is 7.82 Å². The first-order valence-electron chi connectivity index (χ1n) is 18.6. The number of ether oxygens (including phenoxy) is 2. The summed E-state index contributed by atoms with van der Waals surface area (Å²) < 4.78 is 32.4. The molecule has 0 amide bonds. The number of esters is 2. The van der Waals surface area contributed by atoms with E-state index in [-0.39, 0.29) is 12.8 Å². The van der Waals surface area contributed by atoms with Crippen molar-refractivity contribution in [3.05, 3.63) is 12.2 Å². The lowest BCUT2D eigenvalue weighted by molar-refractivity contribution is -0.153. The van der Waals surface area contributed by atoms with E-state index in [1.165, 1.54) is 70.6 Å². The summed E-state index contributed by atoms with van der Waals surface area (Å²) in [4.78, 5) is 34.3. The lowest BCUT2D eigenvalue weighted by atomic mass is 10.0. The third-order valence-corrected chi connectivity index (χ3v) is 8.93. The maximum absolute atomic E-state index is 12.3. The van der Waals surface area contributed by atoms with Crippen molar-refractivity contribution >= 4 is 19.8 Å². The summed E-state index contributed by atoms with van der Waals surface area (Å²) in [5.74, 6) is -1.03. The number of allylic oxidation sites excluding steroid dienone is 2. The first-order chi connectivity index (χ1) is 22.8. The fourth-order valence-corrected chi connectivity index (χ4v) is 5.83. The second kappa shape index (κ2) is 33.2. The first-order valence-corrected chi connectivity index (χ1v) is 20.1. The second-order valence-corrected chi connectivity index (χ2v) is 14.0. The van der Waals surface area contributed by atoms with Gasteiger partial charge in [0.15, 0.2) is 0 Å². The molecular formula is C36H69O10P. The molecule has 47 heavy (non-hydrogen) atoms. The monoisotopic (exact) mass is 692 g/mol. The Hall–Kier alpha value is -1.29. The summed E-state index contributed by atoms with van der Waals surface area (Å²) >= 11 is 0. The molecule has 3 unspecified atom stereocenters. The molecule has 3 N–H and O–H groups in total. The molecule has 0 saturated heterocycles. The molecule has 0 fully saturated rings. The number of hydrogen-bond donors (Lipinski definition) is 3. The first kappa shape index (κ1) is 45.7. The van der Waals surface area contributed by atoms with E-state index in [0.717, 1.165) is 57.8 Å². The van der Waals surface area contributed by atoms with Crippen LogP contribution in [0.4, 0.5) is 0 Å². The minimum Gasteiger partial charge on any atom is -0.457 e. The normalized spacial score (nSPS) is 14.2. The van der Waals surface area contributed by atoms with Crippen LogP contribution in [-0.2, 0) is 32.7 Å². The van der Waals surface area contributed by atoms with E-state index in [0.29, 0.717) is 12.8 Å². The molecule has 0 aromatic rings. The molecule has 3 atom stereocenters. The topological polar surface area (TPSA) is 149 Å². The van der Waals surface area contributed by atoms with Crippen molar-refractivity contribution in [1.29, 1.82) is 0 Å². The van der Waals surface area contributed by atoms with E-state index < -0.39 is 58.4 Å². The Balaban J connectivity index is 4.00. The number of hydrogen-bond acceptors (Lipinski definition) is 9. The number of phosphoric ester groups is 1. The van der Waals surface area contributed by atoms with Gasteiger partial charge in [0.1, 0.15) is 12.2 Å². The smallest absolute Gasteiger partial charge is 0.457 e. The van der Waals surface area contributed by atoms with Crippen LogP contribution in [0.5, 0.6) is 0 Å². The highest BCUT2D eigenvalue weighted by Crippen LogP contribution is 2.43. The molecule has 0 aromatic carbocycles. The molecule has 0 heterocycles. The van der Waals surface area contributed by atoms with Gasteiger partial charge < -0.3 is 24.6 Å². The van der Waals surface area contributed by atoms with Crippen LogP contribution in [0.2, 0.25) is 0 Å². The molecule has 11 heteroatoms. The molecule has 0 radical (unpaired) electrons. The van der Waals surface area contributed by atoms with Gasteiger partial charge in [0.25, 0.3) is 0 Å². The van der Waals surface area contributed by atoms with E-state index in [1.807, 2.05) is 0 Å². The Morgan fingerprint density at radius 1 is 0.553 bits per heavy atom. The van der Waals surface area contributed by atoms with E-state index >= 15 is 0 Å². The Labute approximate surface area is 286 Å². The zero-order valence-corrected chi connectivity index (χ0v) is 30.6. The summed E-state index contributed by atoms with van der Waals surface area (Å²) in [5, 5.41) is 19.0. The molecular weight excluding hydrogens is 623 g/mol. The van der Waals surface area contributed by atoms with Crippen LogP contribution in [0.15, 0.2) is 12.2 Å². The molecule has 0 aliphatic rings. The second-order valence-electron chi connectivity index (χ2n) is 12.6. The van der Waals surface area contributed by atoms with Gasteiger partial charge in [-0.15, -0.1) is 0 Å². The zero-order valence-electron chi connectivity index (χ0n) is 29.8. The van der Waals surface area contributed by atoms with Gasteiger partial charge in [-0.2, -0.15) is 0 Å². The summed E-state index contributed by atoms with van der Waals surface area (Å²) in [5.41, 5.74) is 0. The summed E-state index contributed by atoms with van der Waals surface area (Å²) in [6.07, 6.45) is 27.6. The molecule has 0 aliphatic carbocycles. The highest BCUT2D eigenvalue weighted by Gasteiger charge is 2.27. The van der Waals surface area contributed by atoms with Gasteiger partial charge in [0, 0.05) is 12.8 Å². The third kappa shape index (κ3) is 31.7. The maximum atomic E-state index is 12.3. The quantitative estimate of drug-likeness (QED) is 0.0254. The Morgan fingerprint density at radius 3 is 1.26 bits per heavy atom. The van der Waals surface area contributed by atoms with Crippen LogP contribution in [0, 0.1) is 0 Å². The number of phosphoric acid groups is 1. The number of aliphatic hydroxyl groups is 2. The van der Waals surface area contributed by atoms with Crippen LogP contribution in [0.1, 0.15) is 168 Å². The maximum Gasteiger partial charge on any atom is 0.472 e.